The fourth-order valence-corrected chi connectivity index (χ4v) is 2.94. The molecule has 0 spiro atoms. The van der Waals surface area contributed by atoms with Crippen LogP contribution >= 0.6 is 12.4 Å². The number of halogens is 1. The zero-order valence-electron chi connectivity index (χ0n) is 13.5. The third kappa shape index (κ3) is 3.38. The summed E-state index contributed by atoms with van der Waals surface area (Å²) in [6.45, 7) is 0.967. The number of nitrogens with zero attached hydrogens (tertiary/aromatic N) is 1. The van der Waals surface area contributed by atoms with Crippen molar-refractivity contribution >= 4 is 24.3 Å². The Morgan fingerprint density at radius 2 is 1.96 bits per heavy atom. The molecule has 1 aromatic rings. The van der Waals surface area contributed by atoms with E-state index in [-0.39, 0.29) is 24.0 Å². The van der Waals surface area contributed by atoms with Crippen LogP contribution in [0.15, 0.2) is 18.3 Å². The Labute approximate surface area is 146 Å². The van der Waals surface area contributed by atoms with E-state index in [2.05, 4.69) is 10.3 Å². The van der Waals surface area contributed by atoms with Gasteiger partial charge in [-0.25, -0.2) is 9.78 Å². The summed E-state index contributed by atoms with van der Waals surface area (Å²) in [6.07, 6.45) is 4.02. The van der Waals surface area contributed by atoms with Gasteiger partial charge in [0.25, 0.3) is 0 Å². The summed E-state index contributed by atoms with van der Waals surface area (Å²) in [6, 6.07) is 3.56. The molecule has 3 rings (SSSR count). The van der Waals surface area contributed by atoms with Crippen molar-refractivity contribution in [2.75, 3.05) is 20.3 Å². The molecule has 0 atom stereocenters. The highest BCUT2D eigenvalue weighted by atomic mass is 35.5. The number of aromatic nitrogens is 1. The highest BCUT2D eigenvalue weighted by molar-refractivity contribution is 5.91. The van der Waals surface area contributed by atoms with Crippen molar-refractivity contribution in [1.29, 1.82) is 0 Å². The lowest BCUT2D eigenvalue weighted by Gasteiger charge is -2.34. The molecule has 0 bridgehead atoms. The van der Waals surface area contributed by atoms with Crippen molar-refractivity contribution in [3.63, 3.8) is 0 Å². The van der Waals surface area contributed by atoms with Crippen molar-refractivity contribution in [2.45, 2.75) is 36.8 Å². The molecule has 1 aromatic heterocycles. The Hall–Kier alpha value is -1.70. The molecule has 132 valence electrons. The van der Waals surface area contributed by atoms with E-state index in [4.69, 9.17) is 15.2 Å². The van der Waals surface area contributed by atoms with Gasteiger partial charge in [0.15, 0.2) is 5.69 Å². The van der Waals surface area contributed by atoms with Crippen LogP contribution < -0.4 is 11.1 Å². The van der Waals surface area contributed by atoms with E-state index < -0.39 is 17.0 Å². The Kier molecular flexibility index (Phi) is 5.47. The summed E-state index contributed by atoms with van der Waals surface area (Å²) >= 11 is 0. The number of hydrogen-bond acceptors (Lipinski definition) is 6. The van der Waals surface area contributed by atoms with Crippen molar-refractivity contribution in [3.8, 4) is 0 Å². The Morgan fingerprint density at radius 1 is 1.29 bits per heavy atom. The van der Waals surface area contributed by atoms with Gasteiger partial charge in [-0.15, -0.1) is 12.4 Å². The molecular weight excluding hydrogens is 334 g/mol. The van der Waals surface area contributed by atoms with E-state index in [1.807, 2.05) is 0 Å². The summed E-state index contributed by atoms with van der Waals surface area (Å²) in [5, 5.41) is 3.05. The number of pyridine rings is 1. The normalized spacial score (nSPS) is 20.4. The fourth-order valence-electron chi connectivity index (χ4n) is 2.94. The molecule has 2 heterocycles. The maximum Gasteiger partial charge on any atom is 0.357 e. The average Bonchev–Trinajstić information content (AvgIpc) is 3.35. The molecule has 1 aliphatic heterocycles. The van der Waals surface area contributed by atoms with Gasteiger partial charge in [-0.3, -0.25) is 4.79 Å². The predicted octanol–water partition coefficient (Wildman–Crippen LogP) is 0.903. The standard InChI is InChI=1S/C16H21N3O4.ClH/c1-22-13(20)12-11(3-2-8-18-12)16(4-5-16)19-14(21)15(17)6-9-23-10-7-15;/h2-3,8H,4-7,9-10,17H2,1H3,(H,19,21);1H. The van der Waals surface area contributed by atoms with Crippen LogP contribution in [0.25, 0.3) is 0 Å². The summed E-state index contributed by atoms with van der Waals surface area (Å²) in [5.41, 5.74) is 5.69. The first-order valence-corrected chi connectivity index (χ1v) is 7.74. The van der Waals surface area contributed by atoms with Crippen molar-refractivity contribution in [3.05, 3.63) is 29.6 Å². The number of amides is 1. The minimum atomic E-state index is -0.915. The molecule has 7 nitrogen and oxygen atoms in total. The SMILES string of the molecule is COC(=O)c1ncccc1C1(NC(=O)C2(N)CCOCC2)CC1.Cl. The van der Waals surface area contributed by atoms with Crippen LogP contribution in [0.1, 0.15) is 41.7 Å². The first-order valence-electron chi connectivity index (χ1n) is 7.74. The first-order chi connectivity index (χ1) is 11.0. The second-order valence-electron chi connectivity index (χ2n) is 6.20. The minimum absolute atomic E-state index is 0. The number of methoxy groups -OCH3 is 1. The summed E-state index contributed by atoms with van der Waals surface area (Å²) < 4.78 is 10.1. The van der Waals surface area contributed by atoms with E-state index in [0.29, 0.717) is 31.6 Å². The van der Waals surface area contributed by atoms with Crippen LogP contribution in [0.3, 0.4) is 0 Å². The van der Waals surface area contributed by atoms with Gasteiger partial charge in [-0.05, 0) is 31.7 Å². The van der Waals surface area contributed by atoms with Crippen LogP contribution in [0.4, 0.5) is 0 Å². The minimum Gasteiger partial charge on any atom is -0.464 e. The van der Waals surface area contributed by atoms with Gasteiger partial charge in [0.1, 0.15) is 0 Å². The number of nitrogens with one attached hydrogen (secondary N) is 1. The van der Waals surface area contributed by atoms with Gasteiger partial charge in [0, 0.05) is 25.0 Å². The summed E-state index contributed by atoms with van der Waals surface area (Å²) in [7, 11) is 1.32. The molecule has 1 aliphatic carbocycles. The van der Waals surface area contributed by atoms with Crippen molar-refractivity contribution in [1.82, 2.24) is 10.3 Å². The molecule has 0 aromatic carbocycles. The van der Waals surface area contributed by atoms with E-state index in [9.17, 15) is 9.59 Å². The maximum atomic E-state index is 12.7. The smallest absolute Gasteiger partial charge is 0.357 e. The van der Waals surface area contributed by atoms with E-state index in [1.165, 1.54) is 13.3 Å². The van der Waals surface area contributed by atoms with E-state index in [1.54, 1.807) is 12.1 Å². The number of carbonyl (C=O) groups excluding carboxylic acids is 2. The quantitative estimate of drug-likeness (QED) is 0.778. The van der Waals surface area contributed by atoms with Gasteiger partial charge >= 0.3 is 5.97 Å². The lowest BCUT2D eigenvalue weighted by Crippen LogP contribution is -2.58. The number of esters is 1. The van der Waals surface area contributed by atoms with Crippen LogP contribution in [0, 0.1) is 0 Å². The zero-order valence-corrected chi connectivity index (χ0v) is 14.4. The van der Waals surface area contributed by atoms with Gasteiger partial charge in [-0.1, -0.05) is 6.07 Å². The van der Waals surface area contributed by atoms with Crippen LogP contribution in [0.5, 0.6) is 0 Å². The number of rotatable bonds is 4. The van der Waals surface area contributed by atoms with Gasteiger partial charge in [0.2, 0.25) is 5.91 Å². The van der Waals surface area contributed by atoms with Crippen LogP contribution in [-0.4, -0.2) is 42.7 Å². The Morgan fingerprint density at radius 3 is 2.54 bits per heavy atom. The highest BCUT2D eigenvalue weighted by Gasteiger charge is 2.51. The van der Waals surface area contributed by atoms with Gasteiger partial charge in [0.05, 0.1) is 18.2 Å². The van der Waals surface area contributed by atoms with E-state index in [0.717, 1.165) is 12.8 Å². The third-order valence-electron chi connectivity index (χ3n) is 4.64. The molecule has 1 amide bonds. The van der Waals surface area contributed by atoms with Crippen LogP contribution in [0.2, 0.25) is 0 Å². The molecule has 2 aliphatic rings. The molecule has 1 saturated carbocycles. The average molecular weight is 356 g/mol. The van der Waals surface area contributed by atoms with Crippen LogP contribution in [-0.2, 0) is 19.8 Å². The summed E-state index contributed by atoms with van der Waals surface area (Å²) in [4.78, 5) is 28.7. The third-order valence-corrected chi connectivity index (χ3v) is 4.64. The predicted molar refractivity (Wildman–Crippen MR) is 88.9 cm³/mol. The monoisotopic (exact) mass is 355 g/mol. The lowest BCUT2D eigenvalue weighted by atomic mass is 9.89. The number of hydrogen-bond donors (Lipinski definition) is 2. The molecular formula is C16H22ClN3O4. The summed E-state index contributed by atoms with van der Waals surface area (Å²) in [5.74, 6) is -0.701. The lowest BCUT2D eigenvalue weighted by molar-refractivity contribution is -0.130. The first kappa shape index (κ1) is 18.6. The maximum absolute atomic E-state index is 12.7. The fraction of sp³-hybridized carbons (Fsp3) is 0.562. The molecule has 1 saturated heterocycles. The topological polar surface area (TPSA) is 104 Å². The van der Waals surface area contributed by atoms with Crippen molar-refractivity contribution in [2.24, 2.45) is 5.73 Å². The number of ether oxygens (including phenoxy) is 2. The molecule has 0 radical (unpaired) electrons. The van der Waals surface area contributed by atoms with Crippen molar-refractivity contribution < 1.29 is 19.1 Å². The highest BCUT2D eigenvalue weighted by Crippen LogP contribution is 2.47. The molecule has 3 N–H and O–H groups in total. The molecule has 2 fully saturated rings. The molecule has 8 heteroatoms. The Balaban J connectivity index is 0.00000208. The number of nitrogens with two attached hydrogens (primary N) is 1. The van der Waals surface area contributed by atoms with Gasteiger partial charge in [-0.2, -0.15) is 0 Å². The molecule has 24 heavy (non-hydrogen) atoms. The van der Waals surface area contributed by atoms with E-state index >= 15 is 0 Å². The Bertz CT molecular complexity index is 628. The largest absolute Gasteiger partial charge is 0.464 e. The number of carbonyl (C=O) groups is 2. The zero-order chi connectivity index (χ0) is 16.5. The van der Waals surface area contributed by atoms with Gasteiger partial charge < -0.3 is 20.5 Å². The molecule has 0 unspecified atom stereocenters. The second-order valence-corrected chi connectivity index (χ2v) is 6.20. The second kappa shape index (κ2) is 7.04.